The third-order valence-electron chi connectivity index (χ3n) is 2.99. The van der Waals surface area contributed by atoms with Crippen LogP contribution in [0.3, 0.4) is 0 Å². The van der Waals surface area contributed by atoms with Crippen molar-refractivity contribution in [3.05, 3.63) is 12.2 Å². The first-order valence-electron chi connectivity index (χ1n) is 5.51. The van der Waals surface area contributed by atoms with Gasteiger partial charge in [-0.15, -0.1) is 0 Å². The summed E-state index contributed by atoms with van der Waals surface area (Å²) in [4.78, 5) is 11.1. The summed E-state index contributed by atoms with van der Waals surface area (Å²) >= 11 is 0. The molecule has 6 heteroatoms. The molecule has 1 rings (SSSR count). The first-order chi connectivity index (χ1) is 7.84. The van der Waals surface area contributed by atoms with Crippen molar-refractivity contribution in [2.24, 2.45) is 11.7 Å². The zero-order valence-electron chi connectivity index (χ0n) is 9.43. The van der Waals surface area contributed by atoms with Crippen molar-refractivity contribution in [2.45, 2.75) is 38.0 Å². The van der Waals surface area contributed by atoms with Crippen LogP contribution in [-0.2, 0) is 9.53 Å². The second-order valence-corrected chi connectivity index (χ2v) is 4.26. The second kappa shape index (κ2) is 5.53. The Morgan fingerprint density at radius 2 is 1.82 bits per heavy atom. The minimum absolute atomic E-state index is 0.385. The van der Waals surface area contributed by atoms with Gasteiger partial charge in [-0.1, -0.05) is 6.58 Å². The highest BCUT2D eigenvalue weighted by atomic mass is 19.4. The molecule has 98 valence electrons. The van der Waals surface area contributed by atoms with E-state index in [9.17, 15) is 18.0 Å². The van der Waals surface area contributed by atoms with Crippen molar-refractivity contribution in [1.82, 2.24) is 0 Å². The summed E-state index contributed by atoms with van der Waals surface area (Å²) in [5, 5.41) is 0. The number of nitrogens with two attached hydrogens (primary N) is 1. The van der Waals surface area contributed by atoms with Crippen molar-refractivity contribution in [3.63, 3.8) is 0 Å². The molecule has 1 saturated carbocycles. The van der Waals surface area contributed by atoms with Crippen LogP contribution in [0.25, 0.3) is 0 Å². The topological polar surface area (TPSA) is 52.3 Å². The molecule has 1 aliphatic rings. The van der Waals surface area contributed by atoms with Gasteiger partial charge in [-0.2, -0.15) is 13.2 Å². The quantitative estimate of drug-likeness (QED) is 0.617. The molecule has 0 amide bonds. The maximum Gasteiger partial charge on any atom is 0.422 e. The largest absolute Gasteiger partial charge is 0.459 e. The Hall–Kier alpha value is -1.04. The zero-order valence-corrected chi connectivity index (χ0v) is 9.43. The van der Waals surface area contributed by atoms with Gasteiger partial charge in [0.15, 0.2) is 0 Å². The van der Waals surface area contributed by atoms with Crippen LogP contribution >= 0.6 is 0 Å². The summed E-state index contributed by atoms with van der Waals surface area (Å²) in [5.41, 5.74) is 4.04. The second-order valence-electron chi connectivity index (χ2n) is 4.26. The third-order valence-corrected chi connectivity index (χ3v) is 2.99. The number of alkyl halides is 3. The van der Waals surface area contributed by atoms with Gasteiger partial charge < -0.3 is 10.5 Å². The standard InChI is InChI=1S/C11H16F3NO2/c1-7(11(12,13)14)10(16)17-9-4-2-8(6-15)3-5-9/h8-9H,1-6,15H2. The van der Waals surface area contributed by atoms with Gasteiger partial charge in [-0.05, 0) is 38.1 Å². The van der Waals surface area contributed by atoms with Crippen LogP contribution in [0, 0.1) is 5.92 Å². The predicted molar refractivity (Wildman–Crippen MR) is 56.1 cm³/mol. The smallest absolute Gasteiger partial charge is 0.422 e. The van der Waals surface area contributed by atoms with Crippen molar-refractivity contribution in [1.29, 1.82) is 0 Å². The Kier molecular flexibility index (Phi) is 4.56. The van der Waals surface area contributed by atoms with Crippen molar-refractivity contribution in [3.8, 4) is 0 Å². The molecule has 0 atom stereocenters. The summed E-state index contributed by atoms with van der Waals surface area (Å²) in [6.07, 6.45) is -2.45. The fourth-order valence-corrected chi connectivity index (χ4v) is 1.82. The lowest BCUT2D eigenvalue weighted by Crippen LogP contribution is -2.30. The molecule has 0 bridgehead atoms. The number of hydrogen-bond acceptors (Lipinski definition) is 3. The monoisotopic (exact) mass is 251 g/mol. The molecule has 0 aliphatic heterocycles. The molecular weight excluding hydrogens is 235 g/mol. The normalized spacial score (nSPS) is 25.4. The molecule has 17 heavy (non-hydrogen) atoms. The van der Waals surface area contributed by atoms with Crippen LogP contribution in [-0.4, -0.2) is 24.8 Å². The predicted octanol–water partition coefficient (Wildman–Crippen LogP) is 2.17. The van der Waals surface area contributed by atoms with Crippen LogP contribution in [0.2, 0.25) is 0 Å². The maximum absolute atomic E-state index is 12.2. The van der Waals surface area contributed by atoms with Gasteiger partial charge in [0, 0.05) is 0 Å². The van der Waals surface area contributed by atoms with E-state index in [0.717, 1.165) is 12.8 Å². The highest BCUT2D eigenvalue weighted by molar-refractivity contribution is 5.89. The average molecular weight is 251 g/mol. The van der Waals surface area contributed by atoms with Crippen molar-refractivity contribution >= 4 is 5.97 Å². The number of ether oxygens (including phenoxy) is 1. The Morgan fingerprint density at radius 3 is 2.24 bits per heavy atom. The molecule has 0 radical (unpaired) electrons. The van der Waals surface area contributed by atoms with E-state index in [0.29, 0.717) is 25.3 Å². The van der Waals surface area contributed by atoms with E-state index < -0.39 is 23.8 Å². The van der Waals surface area contributed by atoms with Gasteiger partial charge in [0.2, 0.25) is 0 Å². The Labute approximate surface area is 97.8 Å². The van der Waals surface area contributed by atoms with E-state index in [1.165, 1.54) is 0 Å². The van der Waals surface area contributed by atoms with Crippen molar-refractivity contribution in [2.75, 3.05) is 6.54 Å². The lowest BCUT2D eigenvalue weighted by Gasteiger charge is -2.27. The van der Waals surface area contributed by atoms with E-state index in [-0.39, 0.29) is 0 Å². The molecule has 0 spiro atoms. The number of halogens is 3. The van der Waals surface area contributed by atoms with Crippen LogP contribution in [0.1, 0.15) is 25.7 Å². The molecule has 2 N–H and O–H groups in total. The molecule has 0 heterocycles. The Morgan fingerprint density at radius 1 is 1.29 bits per heavy atom. The van der Waals surface area contributed by atoms with Gasteiger partial charge in [0.1, 0.15) is 11.7 Å². The van der Waals surface area contributed by atoms with Crippen LogP contribution in [0.4, 0.5) is 13.2 Å². The summed E-state index contributed by atoms with van der Waals surface area (Å²) in [6, 6.07) is 0. The van der Waals surface area contributed by atoms with E-state index in [2.05, 4.69) is 6.58 Å². The maximum atomic E-state index is 12.2. The van der Waals surface area contributed by atoms with E-state index >= 15 is 0 Å². The Bertz CT molecular complexity index is 294. The van der Waals surface area contributed by atoms with Gasteiger partial charge in [0.05, 0.1) is 0 Å². The summed E-state index contributed by atoms with van der Waals surface area (Å²) < 4.78 is 41.2. The first kappa shape index (κ1) is 14.0. The van der Waals surface area contributed by atoms with E-state index in [1.807, 2.05) is 0 Å². The summed E-state index contributed by atoms with van der Waals surface area (Å²) in [7, 11) is 0. The number of carbonyl (C=O) groups is 1. The summed E-state index contributed by atoms with van der Waals surface area (Å²) in [6.45, 7) is 3.27. The highest BCUT2D eigenvalue weighted by Gasteiger charge is 2.39. The number of rotatable bonds is 3. The fourth-order valence-electron chi connectivity index (χ4n) is 1.82. The van der Waals surface area contributed by atoms with Crippen LogP contribution in [0.5, 0.6) is 0 Å². The van der Waals surface area contributed by atoms with Crippen LogP contribution < -0.4 is 5.73 Å². The molecule has 0 aromatic heterocycles. The molecule has 0 unspecified atom stereocenters. The SMILES string of the molecule is C=C(C(=O)OC1CCC(CN)CC1)C(F)(F)F. The van der Waals surface area contributed by atoms with Gasteiger partial charge in [-0.25, -0.2) is 4.79 Å². The Balaban J connectivity index is 2.41. The molecular formula is C11H16F3NO2. The molecule has 0 aromatic carbocycles. The highest BCUT2D eigenvalue weighted by Crippen LogP contribution is 2.29. The number of esters is 1. The minimum atomic E-state index is -4.72. The van der Waals surface area contributed by atoms with E-state index in [1.54, 1.807) is 0 Å². The lowest BCUT2D eigenvalue weighted by atomic mass is 9.87. The molecule has 0 saturated heterocycles. The molecule has 0 aromatic rings. The van der Waals surface area contributed by atoms with Gasteiger partial charge in [0.25, 0.3) is 0 Å². The zero-order chi connectivity index (χ0) is 13.1. The molecule has 3 nitrogen and oxygen atoms in total. The van der Waals surface area contributed by atoms with Crippen LogP contribution in [0.15, 0.2) is 12.2 Å². The average Bonchev–Trinajstić information content (AvgIpc) is 2.27. The summed E-state index contributed by atoms with van der Waals surface area (Å²) in [5.74, 6) is -0.982. The lowest BCUT2D eigenvalue weighted by molar-refractivity contribution is -0.157. The molecule has 1 aliphatic carbocycles. The third kappa shape index (κ3) is 4.03. The minimum Gasteiger partial charge on any atom is -0.459 e. The fraction of sp³-hybridized carbons (Fsp3) is 0.727. The van der Waals surface area contributed by atoms with Gasteiger partial charge in [-0.3, -0.25) is 0 Å². The van der Waals surface area contributed by atoms with Crippen molar-refractivity contribution < 1.29 is 22.7 Å². The van der Waals surface area contributed by atoms with E-state index in [4.69, 9.17) is 10.5 Å². The molecule has 1 fully saturated rings. The number of carbonyl (C=O) groups excluding carboxylic acids is 1. The van der Waals surface area contributed by atoms with Gasteiger partial charge >= 0.3 is 12.1 Å². The first-order valence-corrected chi connectivity index (χ1v) is 5.51. The number of hydrogen-bond donors (Lipinski definition) is 1.